The van der Waals surface area contributed by atoms with Crippen molar-refractivity contribution in [2.75, 3.05) is 7.11 Å². The number of carbonyl (C=O) groups is 2. The Morgan fingerprint density at radius 3 is 2.55 bits per heavy atom. The van der Waals surface area contributed by atoms with Crippen molar-refractivity contribution in [3.05, 3.63) is 45.3 Å². The van der Waals surface area contributed by atoms with Gasteiger partial charge in [-0.3, -0.25) is 24.8 Å². The number of rotatable bonds is 6. The molecule has 1 heterocycles. The van der Waals surface area contributed by atoms with Crippen molar-refractivity contribution in [3.8, 4) is 11.5 Å². The van der Waals surface area contributed by atoms with Crippen molar-refractivity contribution in [2.24, 2.45) is 5.10 Å². The van der Waals surface area contributed by atoms with E-state index in [-0.39, 0.29) is 28.2 Å². The molecule has 2 aromatic rings. The van der Waals surface area contributed by atoms with Crippen LogP contribution in [0.5, 0.6) is 11.5 Å². The minimum absolute atomic E-state index is 0.0421. The Morgan fingerprint density at radius 2 is 2.03 bits per heavy atom. The molecule has 11 heteroatoms. The van der Waals surface area contributed by atoms with E-state index in [0.717, 1.165) is 18.8 Å². The topological polar surface area (TPSA) is 149 Å². The molecule has 1 aromatic carbocycles. The van der Waals surface area contributed by atoms with E-state index in [4.69, 9.17) is 9.47 Å². The maximum Gasteiger partial charge on any atom is 0.323 e. The van der Waals surface area contributed by atoms with E-state index in [1.54, 1.807) is 6.07 Å². The van der Waals surface area contributed by atoms with Crippen LogP contribution in [-0.2, 0) is 10.2 Å². The van der Waals surface area contributed by atoms with Crippen LogP contribution in [0, 0.1) is 10.1 Å². The van der Waals surface area contributed by atoms with Crippen LogP contribution in [0.2, 0.25) is 0 Å². The fourth-order valence-electron chi connectivity index (χ4n) is 2.33. The molecule has 154 valence electrons. The number of nitrogens with zero attached hydrogens (tertiary/aromatic N) is 3. The Labute approximate surface area is 166 Å². The second-order valence-electron chi connectivity index (χ2n) is 7.00. The van der Waals surface area contributed by atoms with Gasteiger partial charge in [-0.1, -0.05) is 20.8 Å². The molecule has 29 heavy (non-hydrogen) atoms. The van der Waals surface area contributed by atoms with E-state index >= 15 is 0 Å². The molecule has 0 aliphatic rings. The average molecular weight is 403 g/mol. The molecule has 11 nitrogen and oxygen atoms in total. The molecule has 0 saturated carbocycles. The van der Waals surface area contributed by atoms with E-state index < -0.39 is 22.5 Å². The Balaban J connectivity index is 2.25. The van der Waals surface area contributed by atoms with Gasteiger partial charge in [-0.15, -0.1) is 0 Å². The zero-order valence-corrected chi connectivity index (χ0v) is 16.6. The number of hydrazone groups is 1. The van der Waals surface area contributed by atoms with Gasteiger partial charge in [-0.25, -0.2) is 5.43 Å². The molecule has 2 N–H and O–H groups in total. The molecular weight excluding hydrogens is 382 g/mol. The lowest BCUT2D eigenvalue weighted by atomic mass is 9.92. The van der Waals surface area contributed by atoms with Crippen LogP contribution in [0.25, 0.3) is 0 Å². The first-order valence-corrected chi connectivity index (χ1v) is 8.47. The monoisotopic (exact) mass is 403 g/mol. The molecule has 0 saturated heterocycles. The molecule has 0 aliphatic carbocycles. The minimum atomic E-state index is -0.696. The first-order valence-electron chi connectivity index (χ1n) is 8.47. The molecular formula is C18H21N5O6. The third kappa shape index (κ3) is 5.15. The standard InChI is InChI=1S/C18H21N5O6/c1-10(24)29-13-7-6-11(15(23(26)27)16(13)28-5)9-19-22-17(25)12-8-14(21-20-12)18(2,3)4/h6-9H,1-5H3,(H,20,21)(H,22,25)/b19-9+. The molecule has 2 rings (SSSR count). The van der Waals surface area contributed by atoms with Gasteiger partial charge in [0.25, 0.3) is 5.91 Å². The first-order chi connectivity index (χ1) is 13.5. The van der Waals surface area contributed by atoms with Gasteiger partial charge in [-0.05, 0) is 18.2 Å². The van der Waals surface area contributed by atoms with Crippen molar-refractivity contribution in [1.29, 1.82) is 0 Å². The molecule has 0 bridgehead atoms. The van der Waals surface area contributed by atoms with Gasteiger partial charge >= 0.3 is 11.7 Å². The number of H-pyrrole nitrogens is 1. The van der Waals surface area contributed by atoms with Gasteiger partial charge in [-0.2, -0.15) is 10.2 Å². The fraction of sp³-hybridized carbons (Fsp3) is 0.333. The van der Waals surface area contributed by atoms with E-state index in [2.05, 4.69) is 20.7 Å². The predicted octanol–water partition coefficient (Wildman–Crippen LogP) is 2.31. The van der Waals surface area contributed by atoms with Crippen LogP contribution in [0.3, 0.4) is 0 Å². The molecule has 0 radical (unpaired) electrons. The van der Waals surface area contributed by atoms with Crippen molar-refractivity contribution < 1.29 is 24.0 Å². The third-order valence-electron chi connectivity index (χ3n) is 3.76. The van der Waals surface area contributed by atoms with Gasteiger partial charge in [0.1, 0.15) is 0 Å². The molecule has 1 aromatic heterocycles. The average Bonchev–Trinajstić information content (AvgIpc) is 3.12. The summed E-state index contributed by atoms with van der Waals surface area (Å²) in [5.74, 6) is -1.57. The van der Waals surface area contributed by atoms with Gasteiger partial charge in [0.05, 0.1) is 23.8 Å². The number of aromatic nitrogens is 2. The number of amides is 1. The van der Waals surface area contributed by atoms with Crippen molar-refractivity contribution in [2.45, 2.75) is 33.1 Å². The van der Waals surface area contributed by atoms with Gasteiger partial charge in [0.2, 0.25) is 5.75 Å². The van der Waals surface area contributed by atoms with Crippen molar-refractivity contribution in [1.82, 2.24) is 15.6 Å². The summed E-state index contributed by atoms with van der Waals surface area (Å²) in [4.78, 5) is 34.1. The van der Waals surface area contributed by atoms with Crippen LogP contribution in [0.15, 0.2) is 23.3 Å². The van der Waals surface area contributed by atoms with E-state index in [9.17, 15) is 19.7 Å². The Kier molecular flexibility index (Phi) is 6.32. The third-order valence-corrected chi connectivity index (χ3v) is 3.76. The highest BCUT2D eigenvalue weighted by Gasteiger charge is 2.25. The van der Waals surface area contributed by atoms with Crippen LogP contribution in [0.1, 0.15) is 49.4 Å². The van der Waals surface area contributed by atoms with Crippen LogP contribution < -0.4 is 14.9 Å². The lowest BCUT2D eigenvalue weighted by Gasteiger charge is -2.14. The molecule has 0 aliphatic heterocycles. The summed E-state index contributed by atoms with van der Waals surface area (Å²) in [5.41, 5.74) is 2.53. The van der Waals surface area contributed by atoms with E-state index in [1.165, 1.54) is 19.2 Å². The molecule has 0 spiro atoms. The van der Waals surface area contributed by atoms with Gasteiger partial charge in [0.15, 0.2) is 11.4 Å². The number of nitro benzene ring substituents is 1. The number of hydrogen-bond donors (Lipinski definition) is 2. The highest BCUT2D eigenvalue weighted by atomic mass is 16.6. The number of carbonyl (C=O) groups excluding carboxylic acids is 2. The molecule has 0 unspecified atom stereocenters. The first kappa shape index (κ1) is 21.5. The summed E-state index contributed by atoms with van der Waals surface area (Å²) in [6.45, 7) is 7.06. The number of esters is 1. The zero-order chi connectivity index (χ0) is 21.8. The van der Waals surface area contributed by atoms with Gasteiger partial charge in [0, 0.05) is 18.0 Å². The van der Waals surface area contributed by atoms with Crippen molar-refractivity contribution >= 4 is 23.8 Å². The number of ether oxygens (including phenoxy) is 2. The zero-order valence-electron chi connectivity index (χ0n) is 16.6. The summed E-state index contributed by atoms with van der Waals surface area (Å²) in [7, 11) is 1.21. The summed E-state index contributed by atoms with van der Waals surface area (Å²) >= 11 is 0. The maximum absolute atomic E-state index is 12.2. The Hall–Kier alpha value is -3.76. The molecule has 0 fully saturated rings. The minimum Gasteiger partial charge on any atom is -0.488 e. The van der Waals surface area contributed by atoms with Crippen molar-refractivity contribution in [3.63, 3.8) is 0 Å². The van der Waals surface area contributed by atoms with E-state index in [1.807, 2.05) is 20.8 Å². The smallest absolute Gasteiger partial charge is 0.323 e. The number of nitrogens with one attached hydrogen (secondary N) is 2. The number of methoxy groups -OCH3 is 1. The number of benzene rings is 1. The lowest BCUT2D eigenvalue weighted by molar-refractivity contribution is -0.385. The summed E-state index contributed by atoms with van der Waals surface area (Å²) < 4.78 is 9.95. The number of aromatic amines is 1. The highest BCUT2D eigenvalue weighted by molar-refractivity contribution is 5.94. The Morgan fingerprint density at radius 1 is 1.34 bits per heavy atom. The molecule has 0 atom stereocenters. The highest BCUT2D eigenvalue weighted by Crippen LogP contribution is 2.39. The van der Waals surface area contributed by atoms with Crippen LogP contribution in [0.4, 0.5) is 5.69 Å². The number of hydrogen-bond acceptors (Lipinski definition) is 8. The SMILES string of the molecule is COc1c(OC(C)=O)ccc(/C=N/NC(=O)c2cc(C(C)(C)C)[nH]n2)c1[N+](=O)[O-]. The maximum atomic E-state index is 12.2. The predicted molar refractivity (Wildman–Crippen MR) is 103 cm³/mol. The van der Waals surface area contributed by atoms with Crippen LogP contribution in [-0.4, -0.2) is 40.3 Å². The van der Waals surface area contributed by atoms with Crippen LogP contribution >= 0.6 is 0 Å². The second-order valence-corrected chi connectivity index (χ2v) is 7.00. The Bertz CT molecular complexity index is 974. The normalized spacial score (nSPS) is 11.3. The van der Waals surface area contributed by atoms with Gasteiger partial charge < -0.3 is 9.47 Å². The summed E-state index contributed by atoms with van der Waals surface area (Å²) in [5, 5.41) is 21.9. The summed E-state index contributed by atoms with van der Waals surface area (Å²) in [6.07, 6.45) is 1.09. The fourth-order valence-corrected chi connectivity index (χ4v) is 2.33. The summed E-state index contributed by atoms with van der Waals surface area (Å²) in [6, 6.07) is 4.25. The number of nitro groups is 1. The lowest BCUT2D eigenvalue weighted by Crippen LogP contribution is -2.18. The van der Waals surface area contributed by atoms with E-state index in [0.29, 0.717) is 0 Å². The second kappa shape index (κ2) is 8.50. The molecule has 1 amide bonds. The largest absolute Gasteiger partial charge is 0.488 e. The quantitative estimate of drug-likeness (QED) is 0.247.